The normalized spacial score (nSPS) is 12.0. The Kier molecular flexibility index (Phi) is 6.33. The maximum atomic E-state index is 13.6. The van der Waals surface area contributed by atoms with Gasteiger partial charge in [-0.25, -0.2) is 4.39 Å². The zero-order valence-corrected chi connectivity index (χ0v) is 11.9. The highest BCUT2D eigenvalue weighted by molar-refractivity contribution is 5.84. The van der Waals surface area contributed by atoms with Crippen molar-refractivity contribution in [2.45, 2.75) is 46.1 Å². The van der Waals surface area contributed by atoms with Crippen molar-refractivity contribution in [2.24, 2.45) is 0 Å². The Hall–Kier alpha value is -1.58. The average Bonchev–Trinajstić information content (AvgIpc) is 2.37. The van der Waals surface area contributed by atoms with Gasteiger partial charge in [-0.05, 0) is 38.0 Å². The molecule has 0 bridgehead atoms. The van der Waals surface area contributed by atoms with Crippen molar-refractivity contribution in [3.8, 4) is 0 Å². The number of carbonyl (C=O) groups is 1. The molecule has 1 amide bonds. The number of carbonyl (C=O) groups excluding carboxylic acids is 1. The largest absolute Gasteiger partial charge is 0.372 e. The highest BCUT2D eigenvalue weighted by atomic mass is 19.1. The van der Waals surface area contributed by atoms with Crippen LogP contribution < -0.4 is 10.6 Å². The molecule has 1 rings (SSSR count). The number of anilines is 1. The number of aryl methyl sites for hydroxylation is 1. The summed E-state index contributed by atoms with van der Waals surface area (Å²) in [5.41, 5.74) is 1.22. The third-order valence-electron chi connectivity index (χ3n) is 2.97. The first kappa shape index (κ1) is 15.5. The number of hydrogen-bond donors (Lipinski definition) is 2. The van der Waals surface area contributed by atoms with E-state index in [0.29, 0.717) is 12.2 Å². The number of rotatable bonds is 7. The van der Waals surface area contributed by atoms with Crippen molar-refractivity contribution in [3.63, 3.8) is 0 Å². The monoisotopic (exact) mass is 266 g/mol. The minimum atomic E-state index is -0.446. The zero-order valence-electron chi connectivity index (χ0n) is 11.9. The van der Waals surface area contributed by atoms with Crippen LogP contribution in [0.1, 0.15) is 38.7 Å². The van der Waals surface area contributed by atoms with Crippen molar-refractivity contribution in [1.82, 2.24) is 5.32 Å². The topological polar surface area (TPSA) is 41.1 Å². The molecule has 0 heterocycles. The van der Waals surface area contributed by atoms with Gasteiger partial charge in [0.1, 0.15) is 11.9 Å². The predicted molar refractivity (Wildman–Crippen MR) is 76.8 cm³/mol. The number of hydrogen-bond acceptors (Lipinski definition) is 2. The molecule has 0 aliphatic heterocycles. The first-order valence-electron chi connectivity index (χ1n) is 6.85. The number of nitrogens with one attached hydrogen (secondary N) is 2. The van der Waals surface area contributed by atoms with Crippen LogP contribution in [0.5, 0.6) is 0 Å². The van der Waals surface area contributed by atoms with Crippen LogP contribution in [0.25, 0.3) is 0 Å². The van der Waals surface area contributed by atoms with Crippen LogP contribution in [0.3, 0.4) is 0 Å². The predicted octanol–water partition coefficient (Wildman–Crippen LogP) is 3.24. The molecule has 0 radical (unpaired) electrons. The molecular weight excluding hydrogens is 243 g/mol. The van der Waals surface area contributed by atoms with Gasteiger partial charge in [-0.3, -0.25) is 4.79 Å². The summed E-state index contributed by atoms with van der Waals surface area (Å²) in [6.45, 7) is 6.35. The Labute approximate surface area is 114 Å². The van der Waals surface area contributed by atoms with Crippen LogP contribution in [0, 0.1) is 12.7 Å². The molecule has 1 aromatic rings. The molecule has 0 saturated heterocycles. The highest BCUT2D eigenvalue weighted by Gasteiger charge is 2.13. The second kappa shape index (κ2) is 7.77. The molecule has 1 aromatic carbocycles. The van der Waals surface area contributed by atoms with Crippen molar-refractivity contribution < 1.29 is 9.18 Å². The van der Waals surface area contributed by atoms with E-state index in [-0.39, 0.29) is 11.7 Å². The SMILES string of the molecule is CCCCCNC(=O)C(C)Nc1ccc(C)cc1F. The van der Waals surface area contributed by atoms with Gasteiger partial charge in [0, 0.05) is 6.54 Å². The van der Waals surface area contributed by atoms with E-state index in [0.717, 1.165) is 24.8 Å². The summed E-state index contributed by atoms with van der Waals surface area (Å²) in [5.74, 6) is -0.429. The minimum absolute atomic E-state index is 0.101. The molecule has 1 unspecified atom stereocenters. The molecule has 0 fully saturated rings. The molecule has 4 heteroatoms. The second-order valence-electron chi connectivity index (χ2n) is 4.85. The number of halogens is 1. The molecule has 0 aromatic heterocycles. The molecule has 0 saturated carbocycles. The third kappa shape index (κ3) is 5.28. The lowest BCUT2D eigenvalue weighted by atomic mass is 10.2. The fourth-order valence-electron chi connectivity index (χ4n) is 1.78. The van der Waals surface area contributed by atoms with Crippen LogP contribution in [-0.4, -0.2) is 18.5 Å². The standard InChI is InChI=1S/C15H23FN2O/c1-4-5-6-9-17-15(19)12(3)18-14-8-7-11(2)10-13(14)16/h7-8,10,12,18H,4-6,9H2,1-3H3,(H,17,19). The van der Waals surface area contributed by atoms with E-state index in [2.05, 4.69) is 17.6 Å². The fraction of sp³-hybridized carbons (Fsp3) is 0.533. The van der Waals surface area contributed by atoms with Crippen LogP contribution >= 0.6 is 0 Å². The maximum Gasteiger partial charge on any atom is 0.242 e. The van der Waals surface area contributed by atoms with Gasteiger partial charge in [-0.15, -0.1) is 0 Å². The maximum absolute atomic E-state index is 13.6. The Morgan fingerprint density at radius 2 is 2.11 bits per heavy atom. The van der Waals surface area contributed by atoms with Gasteiger partial charge in [-0.2, -0.15) is 0 Å². The molecule has 19 heavy (non-hydrogen) atoms. The lowest BCUT2D eigenvalue weighted by Crippen LogP contribution is -2.38. The summed E-state index contributed by atoms with van der Waals surface area (Å²) in [6, 6.07) is 4.48. The summed E-state index contributed by atoms with van der Waals surface area (Å²) < 4.78 is 13.6. The van der Waals surface area contributed by atoms with E-state index < -0.39 is 6.04 Å². The fourth-order valence-corrected chi connectivity index (χ4v) is 1.78. The molecule has 0 aliphatic carbocycles. The molecule has 106 valence electrons. The van der Waals surface area contributed by atoms with Crippen LogP contribution in [0.2, 0.25) is 0 Å². The lowest BCUT2D eigenvalue weighted by molar-refractivity contribution is -0.121. The van der Waals surface area contributed by atoms with E-state index in [1.807, 2.05) is 13.0 Å². The van der Waals surface area contributed by atoms with Gasteiger partial charge in [0.05, 0.1) is 5.69 Å². The summed E-state index contributed by atoms with van der Waals surface area (Å²) in [7, 11) is 0. The van der Waals surface area contributed by atoms with Crippen LogP contribution in [0.4, 0.5) is 10.1 Å². The Bertz CT molecular complexity index is 421. The Morgan fingerprint density at radius 1 is 1.37 bits per heavy atom. The van der Waals surface area contributed by atoms with Crippen molar-refractivity contribution >= 4 is 11.6 Å². The van der Waals surface area contributed by atoms with Crippen molar-refractivity contribution in [1.29, 1.82) is 0 Å². The van der Waals surface area contributed by atoms with Gasteiger partial charge in [0.15, 0.2) is 0 Å². The molecule has 0 spiro atoms. The summed E-state index contributed by atoms with van der Waals surface area (Å²) >= 11 is 0. The number of unbranched alkanes of at least 4 members (excludes halogenated alkanes) is 2. The highest BCUT2D eigenvalue weighted by Crippen LogP contribution is 2.16. The first-order chi connectivity index (χ1) is 9.04. The van der Waals surface area contributed by atoms with Gasteiger partial charge >= 0.3 is 0 Å². The quantitative estimate of drug-likeness (QED) is 0.744. The van der Waals surface area contributed by atoms with Crippen LogP contribution in [-0.2, 0) is 4.79 Å². The third-order valence-corrected chi connectivity index (χ3v) is 2.97. The van der Waals surface area contributed by atoms with Gasteiger partial charge in [0.2, 0.25) is 5.91 Å². The number of amides is 1. The Morgan fingerprint density at radius 3 is 2.74 bits per heavy atom. The molecule has 0 aliphatic rings. The van der Waals surface area contributed by atoms with Gasteiger partial charge in [0.25, 0.3) is 0 Å². The minimum Gasteiger partial charge on any atom is -0.372 e. The summed E-state index contributed by atoms with van der Waals surface area (Å²) in [4.78, 5) is 11.8. The van der Waals surface area contributed by atoms with E-state index >= 15 is 0 Å². The summed E-state index contributed by atoms with van der Waals surface area (Å²) in [6.07, 6.45) is 3.21. The first-order valence-corrected chi connectivity index (χ1v) is 6.85. The zero-order chi connectivity index (χ0) is 14.3. The Balaban J connectivity index is 2.45. The van der Waals surface area contributed by atoms with Crippen LogP contribution in [0.15, 0.2) is 18.2 Å². The van der Waals surface area contributed by atoms with Crippen molar-refractivity contribution in [2.75, 3.05) is 11.9 Å². The molecular formula is C15H23FN2O. The molecule has 2 N–H and O–H groups in total. The molecule has 1 atom stereocenters. The smallest absolute Gasteiger partial charge is 0.242 e. The second-order valence-corrected chi connectivity index (χ2v) is 4.85. The van der Waals surface area contributed by atoms with E-state index in [1.165, 1.54) is 6.07 Å². The van der Waals surface area contributed by atoms with E-state index in [4.69, 9.17) is 0 Å². The van der Waals surface area contributed by atoms with E-state index in [1.54, 1.807) is 13.0 Å². The van der Waals surface area contributed by atoms with Gasteiger partial charge in [-0.1, -0.05) is 25.8 Å². The summed E-state index contributed by atoms with van der Waals surface area (Å²) in [5, 5.41) is 5.74. The lowest BCUT2D eigenvalue weighted by Gasteiger charge is -2.16. The van der Waals surface area contributed by atoms with Crippen molar-refractivity contribution in [3.05, 3.63) is 29.6 Å². The van der Waals surface area contributed by atoms with Gasteiger partial charge < -0.3 is 10.6 Å². The average molecular weight is 266 g/mol. The van der Waals surface area contributed by atoms with E-state index in [9.17, 15) is 9.18 Å². The number of benzene rings is 1. The molecule has 3 nitrogen and oxygen atoms in total.